The van der Waals surface area contributed by atoms with E-state index in [-0.39, 0.29) is 5.91 Å². The van der Waals surface area contributed by atoms with E-state index in [0.717, 1.165) is 73.5 Å². The SMILES string of the molecule is Cc1ccc(C(=O)NC2CC2)cc1-c1cnn(-c2cnc3ccc(CC4CCOCC4)cn23)c1. The van der Waals surface area contributed by atoms with E-state index in [2.05, 4.69) is 45.1 Å². The third kappa shape index (κ3) is 4.23. The summed E-state index contributed by atoms with van der Waals surface area (Å²) in [4.78, 5) is 17.1. The van der Waals surface area contributed by atoms with Crippen LogP contribution in [0.5, 0.6) is 0 Å². The second kappa shape index (κ2) is 8.72. The minimum Gasteiger partial charge on any atom is -0.381 e. The van der Waals surface area contributed by atoms with Crippen LogP contribution in [0.25, 0.3) is 22.6 Å². The lowest BCUT2D eigenvalue weighted by Crippen LogP contribution is -2.25. The molecule has 7 nitrogen and oxygen atoms in total. The molecule has 1 N–H and O–H groups in total. The number of carbonyl (C=O) groups excluding carboxylic acids is 1. The quantitative estimate of drug-likeness (QED) is 0.469. The Hall–Kier alpha value is -3.45. The van der Waals surface area contributed by atoms with Crippen molar-refractivity contribution < 1.29 is 9.53 Å². The van der Waals surface area contributed by atoms with Crippen molar-refractivity contribution in [3.8, 4) is 16.9 Å². The second-order valence-corrected chi connectivity index (χ2v) is 9.59. The van der Waals surface area contributed by atoms with Gasteiger partial charge in [0.25, 0.3) is 5.91 Å². The van der Waals surface area contributed by atoms with Gasteiger partial charge in [0.2, 0.25) is 0 Å². The number of carbonyl (C=O) groups is 1. The number of pyridine rings is 1. The van der Waals surface area contributed by atoms with Crippen LogP contribution in [0.3, 0.4) is 0 Å². The van der Waals surface area contributed by atoms with Gasteiger partial charge in [0.15, 0.2) is 5.82 Å². The molecule has 4 aromatic rings. The minimum absolute atomic E-state index is 0.00464. The van der Waals surface area contributed by atoms with E-state index >= 15 is 0 Å². The molecule has 3 aromatic heterocycles. The monoisotopic (exact) mass is 455 g/mol. The summed E-state index contributed by atoms with van der Waals surface area (Å²) in [6.45, 7) is 3.79. The second-order valence-electron chi connectivity index (χ2n) is 9.59. The Morgan fingerprint density at radius 1 is 1.09 bits per heavy atom. The number of benzene rings is 1. The largest absolute Gasteiger partial charge is 0.381 e. The first-order valence-electron chi connectivity index (χ1n) is 12.1. The molecule has 6 rings (SSSR count). The van der Waals surface area contributed by atoms with Crippen LogP contribution in [0.4, 0.5) is 0 Å². The number of ether oxygens (including phenoxy) is 1. The number of amides is 1. The van der Waals surface area contributed by atoms with Gasteiger partial charge in [0.05, 0.1) is 12.4 Å². The molecular weight excluding hydrogens is 426 g/mol. The molecule has 1 aromatic carbocycles. The molecule has 1 aliphatic carbocycles. The van der Waals surface area contributed by atoms with Crippen LogP contribution in [0.15, 0.2) is 55.1 Å². The summed E-state index contributed by atoms with van der Waals surface area (Å²) in [5.74, 6) is 1.56. The van der Waals surface area contributed by atoms with E-state index in [1.165, 1.54) is 5.56 Å². The van der Waals surface area contributed by atoms with Crippen molar-refractivity contribution in [2.24, 2.45) is 5.92 Å². The molecule has 34 heavy (non-hydrogen) atoms. The highest BCUT2D eigenvalue weighted by Gasteiger charge is 2.24. The molecule has 4 heterocycles. The zero-order valence-electron chi connectivity index (χ0n) is 19.4. The summed E-state index contributed by atoms with van der Waals surface area (Å²) in [7, 11) is 0. The van der Waals surface area contributed by atoms with Gasteiger partial charge in [-0.1, -0.05) is 12.1 Å². The molecule has 1 saturated heterocycles. The standard InChI is InChI=1S/C27H29N5O2/c1-18-2-4-21(27(33)30-23-5-6-23)13-24(18)22-14-29-32(17-22)26-15-28-25-7-3-20(16-31(25)26)12-19-8-10-34-11-9-19/h2-4,7,13-17,19,23H,5-6,8-12H2,1H3,(H,30,33). The number of rotatable bonds is 6. The Kier molecular flexibility index (Phi) is 5.41. The Morgan fingerprint density at radius 2 is 1.94 bits per heavy atom. The molecule has 0 spiro atoms. The fourth-order valence-electron chi connectivity index (χ4n) is 4.74. The minimum atomic E-state index is -0.00464. The number of aryl methyl sites for hydroxylation is 1. The number of hydrogen-bond acceptors (Lipinski definition) is 4. The molecule has 0 radical (unpaired) electrons. The van der Waals surface area contributed by atoms with Crippen LogP contribution in [-0.2, 0) is 11.2 Å². The maximum absolute atomic E-state index is 12.6. The molecule has 2 aliphatic rings. The van der Waals surface area contributed by atoms with Crippen molar-refractivity contribution in [1.82, 2.24) is 24.5 Å². The maximum atomic E-state index is 12.6. The van der Waals surface area contributed by atoms with Crippen LogP contribution in [0.1, 0.15) is 47.2 Å². The summed E-state index contributed by atoms with van der Waals surface area (Å²) in [6.07, 6.45) is 13.4. The zero-order valence-corrected chi connectivity index (χ0v) is 19.4. The molecule has 1 saturated carbocycles. The van der Waals surface area contributed by atoms with Crippen LogP contribution in [-0.4, -0.2) is 44.3 Å². The van der Waals surface area contributed by atoms with Gasteiger partial charge in [-0.05, 0) is 79.8 Å². The molecule has 1 amide bonds. The zero-order chi connectivity index (χ0) is 23.1. The third-order valence-corrected chi connectivity index (χ3v) is 6.95. The molecule has 7 heteroatoms. The van der Waals surface area contributed by atoms with Crippen LogP contribution in [0.2, 0.25) is 0 Å². The van der Waals surface area contributed by atoms with E-state index in [9.17, 15) is 4.79 Å². The lowest BCUT2D eigenvalue weighted by atomic mass is 9.93. The summed E-state index contributed by atoms with van der Waals surface area (Å²) >= 11 is 0. The van der Waals surface area contributed by atoms with Gasteiger partial charge in [0, 0.05) is 42.8 Å². The average Bonchev–Trinajstić information content (AvgIpc) is 3.36. The first kappa shape index (κ1) is 21.1. The predicted octanol–water partition coefficient (Wildman–Crippen LogP) is 4.36. The van der Waals surface area contributed by atoms with E-state index in [1.54, 1.807) is 0 Å². The van der Waals surface area contributed by atoms with Gasteiger partial charge < -0.3 is 10.1 Å². The smallest absolute Gasteiger partial charge is 0.251 e. The summed E-state index contributed by atoms with van der Waals surface area (Å²) in [5.41, 5.74) is 6.00. The molecule has 0 unspecified atom stereocenters. The van der Waals surface area contributed by atoms with Crippen LogP contribution in [0, 0.1) is 12.8 Å². The molecular formula is C27H29N5O2. The Labute approximate surface area is 198 Å². The van der Waals surface area contributed by atoms with Crippen molar-refractivity contribution in [3.05, 3.63) is 71.8 Å². The third-order valence-electron chi connectivity index (χ3n) is 6.95. The molecule has 174 valence electrons. The van der Waals surface area contributed by atoms with Crippen molar-refractivity contribution >= 4 is 11.6 Å². The lowest BCUT2D eigenvalue weighted by molar-refractivity contribution is 0.0665. The van der Waals surface area contributed by atoms with Crippen molar-refractivity contribution in [1.29, 1.82) is 0 Å². The molecule has 0 atom stereocenters. The van der Waals surface area contributed by atoms with Crippen LogP contribution < -0.4 is 5.32 Å². The van der Waals surface area contributed by atoms with E-state index in [0.29, 0.717) is 17.5 Å². The fourth-order valence-corrected chi connectivity index (χ4v) is 4.74. The van der Waals surface area contributed by atoms with E-state index < -0.39 is 0 Å². The highest BCUT2D eigenvalue weighted by atomic mass is 16.5. The summed E-state index contributed by atoms with van der Waals surface area (Å²) < 4.78 is 9.48. The van der Waals surface area contributed by atoms with Gasteiger partial charge in [-0.2, -0.15) is 5.10 Å². The Bertz CT molecular complexity index is 1340. The average molecular weight is 456 g/mol. The predicted molar refractivity (Wildman–Crippen MR) is 130 cm³/mol. The topological polar surface area (TPSA) is 73.5 Å². The van der Waals surface area contributed by atoms with E-state index in [4.69, 9.17) is 4.74 Å². The van der Waals surface area contributed by atoms with E-state index in [1.807, 2.05) is 41.5 Å². The Morgan fingerprint density at radius 3 is 2.76 bits per heavy atom. The first-order chi connectivity index (χ1) is 16.6. The number of aromatic nitrogens is 4. The maximum Gasteiger partial charge on any atom is 0.251 e. The van der Waals surface area contributed by atoms with Gasteiger partial charge in [-0.25, -0.2) is 9.67 Å². The molecule has 2 fully saturated rings. The number of fused-ring (bicyclic) bond motifs is 1. The highest BCUT2D eigenvalue weighted by Crippen LogP contribution is 2.27. The van der Waals surface area contributed by atoms with Crippen molar-refractivity contribution in [2.45, 2.75) is 45.1 Å². The lowest BCUT2D eigenvalue weighted by Gasteiger charge is -2.22. The van der Waals surface area contributed by atoms with Gasteiger partial charge in [-0.15, -0.1) is 0 Å². The first-order valence-corrected chi connectivity index (χ1v) is 12.1. The summed E-state index contributed by atoms with van der Waals surface area (Å²) in [5, 5.41) is 7.72. The highest BCUT2D eigenvalue weighted by molar-refractivity contribution is 5.96. The number of nitrogens with zero attached hydrogens (tertiary/aromatic N) is 4. The normalized spacial score (nSPS) is 16.7. The number of hydrogen-bond donors (Lipinski definition) is 1. The number of imidazole rings is 1. The van der Waals surface area contributed by atoms with Gasteiger partial charge in [-0.3, -0.25) is 9.20 Å². The van der Waals surface area contributed by atoms with Crippen LogP contribution >= 0.6 is 0 Å². The fraction of sp³-hybridized carbons (Fsp3) is 0.370. The number of nitrogens with one attached hydrogen (secondary N) is 1. The van der Waals surface area contributed by atoms with Crippen molar-refractivity contribution in [3.63, 3.8) is 0 Å². The van der Waals surface area contributed by atoms with Gasteiger partial charge >= 0.3 is 0 Å². The summed E-state index contributed by atoms with van der Waals surface area (Å²) in [6, 6.07) is 10.5. The van der Waals surface area contributed by atoms with Gasteiger partial charge in [0.1, 0.15) is 5.65 Å². The molecule has 0 bridgehead atoms. The van der Waals surface area contributed by atoms with Crippen molar-refractivity contribution in [2.75, 3.05) is 13.2 Å². The Balaban J connectivity index is 1.29. The molecule has 1 aliphatic heterocycles.